The van der Waals surface area contributed by atoms with Gasteiger partial charge in [-0.15, -0.1) is 0 Å². The molecule has 116 valence electrons. The molecule has 1 heterocycles. The summed E-state index contributed by atoms with van der Waals surface area (Å²) in [6.07, 6.45) is 1.75. The quantitative estimate of drug-likeness (QED) is 0.561. The van der Waals surface area contributed by atoms with E-state index in [2.05, 4.69) is 15.5 Å². The van der Waals surface area contributed by atoms with E-state index in [4.69, 9.17) is 16.3 Å². The van der Waals surface area contributed by atoms with E-state index in [1.54, 1.807) is 13.3 Å². The second-order valence-electron chi connectivity index (χ2n) is 5.12. The van der Waals surface area contributed by atoms with Crippen molar-refractivity contribution in [1.29, 1.82) is 0 Å². The third-order valence-corrected chi connectivity index (χ3v) is 3.66. The highest BCUT2D eigenvalue weighted by atomic mass is 35.5. The third kappa shape index (κ3) is 3.60. The molecule has 3 rings (SSSR count). The van der Waals surface area contributed by atoms with Crippen LogP contribution in [0.3, 0.4) is 0 Å². The van der Waals surface area contributed by atoms with Gasteiger partial charge in [0.25, 0.3) is 0 Å². The monoisotopic (exact) mass is 325 g/mol. The van der Waals surface area contributed by atoms with E-state index in [9.17, 15) is 0 Å². The summed E-state index contributed by atoms with van der Waals surface area (Å²) in [7, 11) is 1.65. The lowest BCUT2D eigenvalue weighted by Gasteiger charge is -2.08. The number of aryl methyl sites for hydroxylation is 1. The van der Waals surface area contributed by atoms with Crippen LogP contribution >= 0.6 is 11.6 Å². The van der Waals surface area contributed by atoms with E-state index in [0.717, 1.165) is 33.6 Å². The second-order valence-corrected chi connectivity index (χ2v) is 5.55. The SMILES string of the molecule is COc1ccc2nc(C)cc(N/N=C/c3ccc(Cl)cc3)c2c1. The van der Waals surface area contributed by atoms with Crippen molar-refractivity contribution in [2.75, 3.05) is 12.5 Å². The van der Waals surface area contributed by atoms with E-state index in [0.29, 0.717) is 5.02 Å². The van der Waals surface area contributed by atoms with Crippen LogP contribution in [0.2, 0.25) is 5.02 Å². The maximum absolute atomic E-state index is 5.87. The molecule has 0 unspecified atom stereocenters. The molecule has 5 heteroatoms. The van der Waals surface area contributed by atoms with Gasteiger partial charge in [-0.05, 0) is 48.9 Å². The molecule has 1 N–H and O–H groups in total. The van der Waals surface area contributed by atoms with Crippen LogP contribution in [-0.2, 0) is 0 Å². The number of nitrogens with one attached hydrogen (secondary N) is 1. The molecule has 4 nitrogen and oxygen atoms in total. The Labute approximate surface area is 139 Å². The average Bonchev–Trinajstić information content (AvgIpc) is 2.56. The fraction of sp³-hybridized carbons (Fsp3) is 0.111. The molecule has 0 atom stereocenters. The van der Waals surface area contributed by atoms with Gasteiger partial charge in [0.2, 0.25) is 0 Å². The number of aromatic nitrogens is 1. The smallest absolute Gasteiger partial charge is 0.119 e. The maximum Gasteiger partial charge on any atom is 0.119 e. The van der Waals surface area contributed by atoms with Gasteiger partial charge in [0.05, 0.1) is 24.5 Å². The zero-order valence-electron chi connectivity index (χ0n) is 12.9. The van der Waals surface area contributed by atoms with Crippen molar-refractivity contribution in [2.45, 2.75) is 6.92 Å². The highest BCUT2D eigenvalue weighted by Crippen LogP contribution is 2.27. The first kappa shape index (κ1) is 15.3. The van der Waals surface area contributed by atoms with E-state index >= 15 is 0 Å². The van der Waals surface area contributed by atoms with Crippen molar-refractivity contribution in [1.82, 2.24) is 4.98 Å². The molecule has 0 aliphatic heterocycles. The first-order chi connectivity index (χ1) is 11.2. The predicted octanol–water partition coefficient (Wildman–Crippen LogP) is 4.65. The summed E-state index contributed by atoms with van der Waals surface area (Å²) < 4.78 is 5.29. The first-order valence-corrected chi connectivity index (χ1v) is 7.53. The Hall–Kier alpha value is -2.59. The van der Waals surface area contributed by atoms with Crippen molar-refractivity contribution < 1.29 is 4.74 Å². The van der Waals surface area contributed by atoms with Crippen molar-refractivity contribution in [3.05, 3.63) is 64.8 Å². The number of ether oxygens (including phenoxy) is 1. The third-order valence-electron chi connectivity index (χ3n) is 3.41. The molecule has 0 amide bonds. The van der Waals surface area contributed by atoms with E-state index in [1.165, 1.54) is 0 Å². The summed E-state index contributed by atoms with van der Waals surface area (Å²) in [5, 5.41) is 5.97. The van der Waals surface area contributed by atoms with E-state index in [-0.39, 0.29) is 0 Å². The lowest BCUT2D eigenvalue weighted by Crippen LogP contribution is -1.95. The molecule has 23 heavy (non-hydrogen) atoms. The molecule has 0 saturated carbocycles. The van der Waals surface area contributed by atoms with Gasteiger partial charge in [-0.3, -0.25) is 10.4 Å². The second kappa shape index (κ2) is 6.67. The molecule has 0 bridgehead atoms. The van der Waals surface area contributed by atoms with E-state index in [1.807, 2.05) is 55.5 Å². The Morgan fingerprint density at radius 3 is 2.65 bits per heavy atom. The average molecular weight is 326 g/mol. The number of rotatable bonds is 4. The fourth-order valence-electron chi connectivity index (χ4n) is 2.28. The van der Waals surface area contributed by atoms with Gasteiger partial charge in [-0.1, -0.05) is 23.7 Å². The zero-order valence-corrected chi connectivity index (χ0v) is 13.6. The summed E-state index contributed by atoms with van der Waals surface area (Å²) in [6, 6.07) is 15.2. The molecule has 0 saturated heterocycles. The molecule has 0 radical (unpaired) electrons. The molecular weight excluding hydrogens is 310 g/mol. The number of methoxy groups -OCH3 is 1. The summed E-state index contributed by atoms with van der Waals surface area (Å²) in [6.45, 7) is 1.96. The van der Waals surface area contributed by atoms with Crippen molar-refractivity contribution in [2.24, 2.45) is 5.10 Å². The molecule has 2 aromatic carbocycles. The largest absolute Gasteiger partial charge is 0.497 e. The Kier molecular flexibility index (Phi) is 4.44. The fourth-order valence-corrected chi connectivity index (χ4v) is 2.41. The highest BCUT2D eigenvalue weighted by molar-refractivity contribution is 6.30. The van der Waals surface area contributed by atoms with Crippen LogP contribution in [0.5, 0.6) is 5.75 Å². The zero-order chi connectivity index (χ0) is 16.2. The van der Waals surface area contributed by atoms with Crippen LogP contribution in [0.1, 0.15) is 11.3 Å². The number of pyridine rings is 1. The number of hydrogen-bond donors (Lipinski definition) is 1. The first-order valence-electron chi connectivity index (χ1n) is 7.16. The van der Waals surface area contributed by atoms with Crippen LogP contribution < -0.4 is 10.2 Å². The molecule has 0 aliphatic rings. The number of benzene rings is 2. The molecular formula is C18H16ClN3O. The van der Waals surface area contributed by atoms with Crippen LogP contribution in [0.4, 0.5) is 5.69 Å². The van der Waals surface area contributed by atoms with E-state index < -0.39 is 0 Å². The minimum absolute atomic E-state index is 0.706. The van der Waals surface area contributed by atoms with Crippen LogP contribution in [0.15, 0.2) is 53.6 Å². The van der Waals surface area contributed by atoms with Gasteiger partial charge in [-0.25, -0.2) is 0 Å². The number of fused-ring (bicyclic) bond motifs is 1. The van der Waals surface area contributed by atoms with Gasteiger partial charge in [-0.2, -0.15) is 5.10 Å². The Morgan fingerprint density at radius 1 is 1.13 bits per heavy atom. The lowest BCUT2D eigenvalue weighted by atomic mass is 10.1. The number of nitrogens with zero attached hydrogens (tertiary/aromatic N) is 2. The number of hydrogen-bond acceptors (Lipinski definition) is 4. The van der Waals surface area contributed by atoms with Crippen LogP contribution in [-0.4, -0.2) is 18.3 Å². The van der Waals surface area contributed by atoms with Gasteiger partial charge in [0.1, 0.15) is 5.75 Å². The summed E-state index contributed by atoms with van der Waals surface area (Å²) in [5.41, 5.74) is 6.76. The standard InChI is InChI=1S/C18H16ClN3O/c1-12-9-18(16-10-15(23-2)7-8-17(16)21-12)22-20-11-13-3-5-14(19)6-4-13/h3-11H,1-2H3,(H,21,22)/b20-11+. The van der Waals surface area contributed by atoms with Gasteiger partial charge in [0, 0.05) is 16.1 Å². The summed E-state index contributed by atoms with van der Waals surface area (Å²) in [5.74, 6) is 0.785. The van der Waals surface area contributed by atoms with Gasteiger partial charge >= 0.3 is 0 Å². The summed E-state index contributed by atoms with van der Waals surface area (Å²) in [4.78, 5) is 4.53. The Morgan fingerprint density at radius 2 is 1.91 bits per heavy atom. The van der Waals surface area contributed by atoms with Crippen molar-refractivity contribution in [3.8, 4) is 5.75 Å². The van der Waals surface area contributed by atoms with Gasteiger partial charge < -0.3 is 4.74 Å². The molecule has 0 fully saturated rings. The predicted molar refractivity (Wildman–Crippen MR) is 95.7 cm³/mol. The van der Waals surface area contributed by atoms with Crippen molar-refractivity contribution in [3.63, 3.8) is 0 Å². The van der Waals surface area contributed by atoms with Crippen molar-refractivity contribution >= 4 is 34.4 Å². The maximum atomic E-state index is 5.87. The molecule has 0 aliphatic carbocycles. The number of halogens is 1. The number of anilines is 1. The Bertz CT molecular complexity index is 860. The minimum Gasteiger partial charge on any atom is -0.497 e. The van der Waals surface area contributed by atoms with Crippen LogP contribution in [0.25, 0.3) is 10.9 Å². The minimum atomic E-state index is 0.706. The van der Waals surface area contributed by atoms with Gasteiger partial charge in [0.15, 0.2) is 0 Å². The Balaban J connectivity index is 1.90. The normalized spacial score (nSPS) is 11.1. The lowest BCUT2D eigenvalue weighted by molar-refractivity contribution is 0.415. The molecule has 3 aromatic rings. The topological polar surface area (TPSA) is 46.5 Å². The highest BCUT2D eigenvalue weighted by Gasteiger charge is 2.05. The van der Waals surface area contributed by atoms with Crippen LogP contribution in [0, 0.1) is 6.92 Å². The summed E-state index contributed by atoms with van der Waals surface area (Å²) >= 11 is 5.87. The number of hydrazone groups is 1. The molecule has 1 aromatic heterocycles. The molecule has 0 spiro atoms.